The topological polar surface area (TPSA) is 38.3 Å². The summed E-state index contributed by atoms with van der Waals surface area (Å²) in [5.74, 6) is 2.21. The molecule has 2 unspecified atom stereocenters. The van der Waals surface area contributed by atoms with Crippen molar-refractivity contribution in [1.82, 2.24) is 0 Å². The van der Waals surface area contributed by atoms with Gasteiger partial charge in [0.2, 0.25) is 13.2 Å². The third-order valence-corrected chi connectivity index (χ3v) is 8.73. The van der Waals surface area contributed by atoms with Gasteiger partial charge in [-0.15, -0.1) is 11.8 Å². The highest BCUT2D eigenvalue weighted by molar-refractivity contribution is 7.98. The molecule has 2 aromatic rings. The molecule has 1 heterocycles. The van der Waals surface area contributed by atoms with E-state index < -0.39 is 0 Å². The zero-order valence-electron chi connectivity index (χ0n) is 18.7. The number of carbonyl (C=O) groups excluding carboxylic acids is 1. The molecule has 0 aromatic heterocycles. The average Bonchev–Trinajstić information content (AvgIpc) is 3.44. The average molecular weight is 441 g/mol. The quantitative estimate of drug-likeness (QED) is 0.471. The van der Waals surface area contributed by atoms with Crippen LogP contribution in [0.25, 0.3) is 11.1 Å². The maximum Gasteiger partial charge on any atom is 0.231 e. The van der Waals surface area contributed by atoms with Gasteiger partial charge in [0.05, 0.1) is 11.9 Å². The molecule has 1 N–H and O–H groups in total. The first kappa shape index (κ1) is 20.2. The number of hydrogen-bond donors (Lipinski definition) is 1. The van der Waals surface area contributed by atoms with Crippen molar-refractivity contribution in [3.05, 3.63) is 70.9 Å². The van der Waals surface area contributed by atoms with Gasteiger partial charge in [-0.1, -0.05) is 42.2 Å². The molecule has 32 heavy (non-hydrogen) atoms. The molecule has 162 valence electrons. The number of allylic oxidation sites excluding steroid dienone is 3. The number of anilines is 1. The van der Waals surface area contributed by atoms with Gasteiger partial charge in [-0.3, -0.25) is 4.79 Å². The van der Waals surface area contributed by atoms with Gasteiger partial charge in [-0.2, -0.15) is 0 Å². The number of amides is 1. The number of ether oxygens (including phenoxy) is 1. The second-order valence-electron chi connectivity index (χ2n) is 9.57. The summed E-state index contributed by atoms with van der Waals surface area (Å²) in [5, 5.41) is 3.30. The maximum absolute atomic E-state index is 13.5. The molecule has 1 aliphatic heterocycles. The first-order chi connectivity index (χ1) is 15.6. The van der Waals surface area contributed by atoms with Gasteiger partial charge >= 0.3 is 0 Å². The summed E-state index contributed by atoms with van der Waals surface area (Å²) in [4.78, 5) is 14.8. The van der Waals surface area contributed by atoms with E-state index in [9.17, 15) is 4.79 Å². The van der Waals surface area contributed by atoms with E-state index in [0.29, 0.717) is 11.8 Å². The van der Waals surface area contributed by atoms with Crippen LogP contribution in [0.1, 0.15) is 31.7 Å². The van der Waals surface area contributed by atoms with E-state index >= 15 is 0 Å². The maximum atomic E-state index is 13.5. The Balaban J connectivity index is 1.25. The molecule has 0 spiro atoms. The van der Waals surface area contributed by atoms with E-state index in [1.807, 2.05) is 0 Å². The molecular formula is C27H28BNO2S. The molecule has 0 saturated heterocycles. The highest BCUT2D eigenvalue weighted by Crippen LogP contribution is 2.66. The van der Waals surface area contributed by atoms with Crippen LogP contribution in [0.2, 0.25) is 0 Å². The Morgan fingerprint density at radius 1 is 1.22 bits per heavy atom. The molecule has 2 aromatic carbocycles. The highest BCUT2D eigenvalue weighted by Gasteiger charge is 2.63. The molecule has 6 rings (SSSR count). The Morgan fingerprint density at radius 2 is 2.03 bits per heavy atom. The minimum absolute atomic E-state index is 0.199. The molecule has 3 aliphatic carbocycles. The van der Waals surface area contributed by atoms with E-state index in [1.165, 1.54) is 32.6 Å². The summed E-state index contributed by atoms with van der Waals surface area (Å²) in [7, 11) is 1.04. The van der Waals surface area contributed by atoms with Crippen LogP contribution in [0.5, 0.6) is 0 Å². The zero-order valence-corrected chi connectivity index (χ0v) is 19.6. The Hall–Kier alpha value is -2.40. The van der Waals surface area contributed by atoms with Crippen LogP contribution < -0.4 is 5.32 Å². The van der Waals surface area contributed by atoms with Gasteiger partial charge in [0, 0.05) is 16.5 Å². The van der Waals surface area contributed by atoms with Gasteiger partial charge in [-0.05, 0) is 78.8 Å². The van der Waals surface area contributed by atoms with Gasteiger partial charge in [-0.25, -0.2) is 0 Å². The SMILES string of the molecule is CCc1ccc(-c2cc(NC(=O)C3(C4C5=CC6=C(BCO6)C4C5)CC3)ccc2SC)cc1. The Kier molecular flexibility index (Phi) is 4.80. The van der Waals surface area contributed by atoms with Crippen LogP contribution in [0.4, 0.5) is 5.69 Å². The normalized spacial score (nSPS) is 24.0. The molecule has 4 aliphatic rings. The van der Waals surface area contributed by atoms with Gasteiger partial charge in [0.1, 0.15) is 5.76 Å². The lowest BCUT2D eigenvalue weighted by Crippen LogP contribution is -2.45. The van der Waals surface area contributed by atoms with Crippen LogP contribution in [-0.4, -0.2) is 25.9 Å². The third kappa shape index (κ3) is 3.08. The van der Waals surface area contributed by atoms with Crippen molar-refractivity contribution in [2.24, 2.45) is 17.3 Å². The zero-order chi connectivity index (χ0) is 21.9. The summed E-state index contributed by atoms with van der Waals surface area (Å²) in [6.07, 6.45) is 8.50. The second-order valence-corrected chi connectivity index (χ2v) is 10.4. The predicted octanol–water partition coefficient (Wildman–Crippen LogP) is 5.57. The fourth-order valence-corrected chi connectivity index (χ4v) is 6.57. The number of benzene rings is 2. The predicted molar refractivity (Wildman–Crippen MR) is 133 cm³/mol. The Bertz CT molecular complexity index is 1160. The fourth-order valence-electron chi connectivity index (χ4n) is 5.97. The van der Waals surface area contributed by atoms with E-state index in [1.54, 1.807) is 11.8 Å². The number of hydrogen-bond acceptors (Lipinski definition) is 3. The molecule has 3 nitrogen and oxygen atoms in total. The van der Waals surface area contributed by atoms with Crippen molar-refractivity contribution in [3.8, 4) is 11.1 Å². The molecule has 2 saturated carbocycles. The van der Waals surface area contributed by atoms with Crippen molar-refractivity contribution in [2.75, 3.05) is 18.1 Å². The lowest BCUT2D eigenvalue weighted by molar-refractivity contribution is -0.124. The van der Waals surface area contributed by atoms with E-state index in [0.717, 1.165) is 50.9 Å². The molecule has 1 amide bonds. The number of thioether (sulfide) groups is 1. The number of rotatable bonds is 6. The molecule has 2 bridgehead atoms. The highest BCUT2D eigenvalue weighted by atomic mass is 32.2. The monoisotopic (exact) mass is 441 g/mol. The van der Waals surface area contributed by atoms with Crippen molar-refractivity contribution in [2.45, 2.75) is 37.5 Å². The molecule has 5 heteroatoms. The smallest absolute Gasteiger partial charge is 0.231 e. The Morgan fingerprint density at radius 3 is 2.75 bits per heavy atom. The minimum Gasteiger partial charge on any atom is -0.503 e. The van der Waals surface area contributed by atoms with Gasteiger partial charge in [0.15, 0.2) is 0 Å². The molecule has 0 radical (unpaired) electrons. The first-order valence-electron chi connectivity index (χ1n) is 11.8. The summed E-state index contributed by atoms with van der Waals surface area (Å²) < 4.78 is 5.79. The number of carbonyl (C=O) groups is 1. The van der Waals surface area contributed by atoms with Crippen LogP contribution in [0, 0.1) is 17.3 Å². The van der Waals surface area contributed by atoms with Crippen molar-refractivity contribution in [3.63, 3.8) is 0 Å². The Labute approximate surface area is 194 Å². The van der Waals surface area contributed by atoms with E-state index in [4.69, 9.17) is 4.74 Å². The third-order valence-electron chi connectivity index (χ3n) is 7.93. The summed E-state index contributed by atoms with van der Waals surface area (Å²) in [6.45, 7) is 2.98. The van der Waals surface area contributed by atoms with E-state index in [-0.39, 0.29) is 11.3 Å². The fraction of sp³-hybridized carbons (Fsp3) is 0.370. The lowest BCUT2D eigenvalue weighted by Gasteiger charge is -2.48. The van der Waals surface area contributed by atoms with Crippen LogP contribution in [-0.2, 0) is 16.0 Å². The molecule has 2 fully saturated rings. The van der Waals surface area contributed by atoms with Crippen molar-refractivity contribution < 1.29 is 9.53 Å². The van der Waals surface area contributed by atoms with Crippen LogP contribution in [0.3, 0.4) is 0 Å². The second kappa shape index (κ2) is 7.59. The minimum atomic E-state index is -0.225. The number of fused-ring (bicyclic) bond motifs is 3. The first-order valence-corrected chi connectivity index (χ1v) is 13.0. The van der Waals surface area contributed by atoms with Gasteiger partial charge in [0.25, 0.3) is 0 Å². The summed E-state index contributed by atoms with van der Waals surface area (Å²) in [5.41, 5.74) is 7.29. The van der Waals surface area contributed by atoms with Gasteiger partial charge < -0.3 is 10.1 Å². The van der Waals surface area contributed by atoms with Crippen molar-refractivity contribution in [1.29, 1.82) is 0 Å². The van der Waals surface area contributed by atoms with Crippen molar-refractivity contribution >= 4 is 30.6 Å². The summed E-state index contributed by atoms with van der Waals surface area (Å²) >= 11 is 1.75. The number of nitrogens with one attached hydrogen (secondary N) is 1. The van der Waals surface area contributed by atoms with E-state index in [2.05, 4.69) is 67.0 Å². The van der Waals surface area contributed by atoms with Crippen LogP contribution in [0.15, 0.2) is 70.2 Å². The lowest BCUT2D eigenvalue weighted by atomic mass is 9.49. The van der Waals surface area contributed by atoms with Crippen LogP contribution >= 0.6 is 11.8 Å². The molecule has 2 atom stereocenters. The molecular weight excluding hydrogens is 413 g/mol. The number of aryl methyl sites for hydroxylation is 1. The summed E-state index contributed by atoms with van der Waals surface area (Å²) in [6, 6.07) is 15.1. The largest absolute Gasteiger partial charge is 0.503 e. The standard InChI is InChI=1S/C27H28BNO2S/c1-3-16-4-6-17(7-5-16)20-14-19(8-9-23(20)32-2)29-26(30)27(10-11-27)24-18-12-21(24)25-22(13-18)31-15-28-25/h4-9,13-14,21,24,28H,3,10-12,15H2,1-2H3,(H,29,30).